The Labute approximate surface area is 178 Å². The van der Waals surface area contributed by atoms with Crippen LogP contribution in [0.1, 0.15) is 16.7 Å². The first-order chi connectivity index (χ1) is 14.3. The van der Waals surface area contributed by atoms with Crippen molar-refractivity contribution in [1.29, 1.82) is 0 Å². The number of ether oxygens (including phenoxy) is 1. The predicted octanol–water partition coefficient (Wildman–Crippen LogP) is 4.69. The normalized spacial score (nSPS) is 18.1. The lowest BCUT2D eigenvalue weighted by Crippen LogP contribution is -2.31. The van der Waals surface area contributed by atoms with Crippen LogP contribution in [0.15, 0.2) is 60.6 Å². The van der Waals surface area contributed by atoms with E-state index in [9.17, 15) is 8.78 Å². The monoisotopic (exact) mass is 427 g/mol. The van der Waals surface area contributed by atoms with E-state index >= 15 is 0 Å². The van der Waals surface area contributed by atoms with Gasteiger partial charge in [-0.05, 0) is 60.0 Å². The molecule has 0 bridgehead atoms. The highest BCUT2D eigenvalue weighted by atomic mass is 35.5. The zero-order valence-electron chi connectivity index (χ0n) is 16.5. The van der Waals surface area contributed by atoms with Gasteiger partial charge in [0.2, 0.25) is 5.95 Å². The third-order valence-electron chi connectivity index (χ3n) is 5.39. The van der Waals surface area contributed by atoms with Crippen molar-refractivity contribution < 1.29 is 13.5 Å². The molecule has 4 rings (SSSR count). The molecule has 2 aromatic carbocycles. The van der Waals surface area contributed by atoms with Crippen LogP contribution in [0.3, 0.4) is 0 Å². The number of methoxy groups -OCH3 is 1. The molecule has 0 saturated carbocycles. The van der Waals surface area contributed by atoms with Crippen LogP contribution >= 0.6 is 11.6 Å². The number of pyridine rings is 1. The van der Waals surface area contributed by atoms with Gasteiger partial charge in [-0.1, -0.05) is 23.7 Å². The van der Waals surface area contributed by atoms with Gasteiger partial charge in [-0.15, -0.1) is 0 Å². The first kappa shape index (κ1) is 20.2. The lowest BCUT2D eigenvalue weighted by atomic mass is 9.74. The van der Waals surface area contributed by atoms with Crippen LogP contribution in [0, 0.1) is 18.7 Å². The molecule has 0 radical (unpaired) electrons. The zero-order valence-corrected chi connectivity index (χ0v) is 17.2. The average molecular weight is 428 g/mol. The Bertz CT molecular complexity index is 1170. The standard InChI is InChI=1S/C23H20ClF2N3O/c1-13-7-17(22(26)28-11-13)16-8-14(3-5-19(16)25)23(10-21(27)29-12-23)15-4-6-20(30-2)18(24)9-15/h3-11,29H,12,27H2,1-2H3. The Morgan fingerprint density at radius 1 is 1.10 bits per heavy atom. The van der Waals surface area contributed by atoms with Gasteiger partial charge in [0.25, 0.3) is 0 Å². The van der Waals surface area contributed by atoms with Crippen LogP contribution in [0.5, 0.6) is 5.75 Å². The van der Waals surface area contributed by atoms with E-state index in [0.29, 0.717) is 23.1 Å². The molecule has 1 unspecified atom stereocenters. The van der Waals surface area contributed by atoms with Gasteiger partial charge in [0.15, 0.2) is 0 Å². The minimum absolute atomic E-state index is 0.111. The van der Waals surface area contributed by atoms with Crippen molar-refractivity contribution in [1.82, 2.24) is 10.3 Å². The topological polar surface area (TPSA) is 60.2 Å². The first-order valence-electron chi connectivity index (χ1n) is 9.33. The van der Waals surface area contributed by atoms with Gasteiger partial charge in [-0.25, -0.2) is 9.37 Å². The third-order valence-corrected chi connectivity index (χ3v) is 5.68. The molecule has 154 valence electrons. The summed E-state index contributed by atoms with van der Waals surface area (Å²) in [5.41, 5.74) is 7.92. The van der Waals surface area contributed by atoms with Crippen LogP contribution in [0.4, 0.5) is 8.78 Å². The smallest absolute Gasteiger partial charge is 0.220 e. The number of nitrogens with zero attached hydrogens (tertiary/aromatic N) is 1. The molecule has 1 aliphatic rings. The molecule has 1 aliphatic heterocycles. The number of nitrogens with two attached hydrogens (primary N) is 1. The highest BCUT2D eigenvalue weighted by Gasteiger charge is 2.37. The quantitative estimate of drug-likeness (QED) is 0.593. The Balaban J connectivity index is 1.92. The average Bonchev–Trinajstić information content (AvgIpc) is 3.13. The third kappa shape index (κ3) is 3.37. The second kappa shape index (κ2) is 7.61. The number of nitrogens with one attached hydrogen (secondary N) is 1. The molecule has 2 heterocycles. The number of aromatic nitrogens is 1. The second-order valence-corrected chi connectivity index (χ2v) is 7.73. The van der Waals surface area contributed by atoms with Crippen molar-refractivity contribution in [3.05, 3.63) is 94.0 Å². The van der Waals surface area contributed by atoms with Crippen molar-refractivity contribution in [3.8, 4) is 16.9 Å². The SMILES string of the molecule is COc1ccc(C2(c3ccc(F)c(-c4cc(C)cnc4F)c3)C=C(N)NC2)cc1Cl. The van der Waals surface area contributed by atoms with Crippen LogP contribution in [-0.4, -0.2) is 18.6 Å². The summed E-state index contributed by atoms with van der Waals surface area (Å²) >= 11 is 6.37. The van der Waals surface area contributed by atoms with E-state index in [1.54, 1.807) is 44.4 Å². The van der Waals surface area contributed by atoms with Gasteiger partial charge in [-0.3, -0.25) is 0 Å². The first-order valence-corrected chi connectivity index (χ1v) is 9.70. The minimum atomic E-state index is -0.724. The van der Waals surface area contributed by atoms with Crippen LogP contribution in [0.2, 0.25) is 5.02 Å². The Hall–Kier alpha value is -3.12. The molecule has 4 nitrogen and oxygen atoms in total. The van der Waals surface area contributed by atoms with Gasteiger partial charge in [0.05, 0.1) is 23.4 Å². The maximum absolute atomic E-state index is 14.7. The number of rotatable bonds is 4. The van der Waals surface area contributed by atoms with Gasteiger partial charge >= 0.3 is 0 Å². The van der Waals surface area contributed by atoms with Crippen molar-refractivity contribution in [2.24, 2.45) is 5.73 Å². The summed E-state index contributed by atoms with van der Waals surface area (Å²) in [5, 5.41) is 3.58. The second-order valence-electron chi connectivity index (χ2n) is 7.32. The lowest BCUT2D eigenvalue weighted by molar-refractivity contribution is 0.414. The summed E-state index contributed by atoms with van der Waals surface area (Å²) in [5.74, 6) is -0.212. The minimum Gasteiger partial charge on any atom is -0.495 e. The van der Waals surface area contributed by atoms with Crippen LogP contribution in [-0.2, 0) is 5.41 Å². The molecule has 0 amide bonds. The fourth-order valence-corrected chi connectivity index (χ4v) is 4.10. The van der Waals surface area contributed by atoms with Gasteiger partial charge in [0.1, 0.15) is 11.6 Å². The van der Waals surface area contributed by atoms with Crippen LogP contribution in [0.25, 0.3) is 11.1 Å². The fourth-order valence-electron chi connectivity index (χ4n) is 3.84. The van der Waals surface area contributed by atoms with Crippen molar-refractivity contribution in [2.75, 3.05) is 13.7 Å². The molecule has 1 atom stereocenters. The summed E-state index contributed by atoms with van der Waals surface area (Å²) in [6.45, 7) is 2.23. The van der Waals surface area contributed by atoms with E-state index in [-0.39, 0.29) is 11.1 Å². The molecule has 3 aromatic rings. The number of aryl methyl sites for hydroxylation is 1. The Kier molecular flexibility index (Phi) is 5.12. The summed E-state index contributed by atoms with van der Waals surface area (Å²) in [7, 11) is 1.54. The summed E-state index contributed by atoms with van der Waals surface area (Å²) in [6, 6.07) is 11.7. The Morgan fingerprint density at radius 2 is 1.83 bits per heavy atom. The number of hydrogen-bond donors (Lipinski definition) is 2. The van der Waals surface area contributed by atoms with E-state index < -0.39 is 17.2 Å². The largest absolute Gasteiger partial charge is 0.495 e. The highest BCUT2D eigenvalue weighted by molar-refractivity contribution is 6.32. The molecule has 7 heteroatoms. The maximum atomic E-state index is 14.7. The summed E-state index contributed by atoms with van der Waals surface area (Å²) in [4.78, 5) is 3.73. The van der Waals surface area contributed by atoms with E-state index in [2.05, 4.69) is 10.3 Å². The van der Waals surface area contributed by atoms with Crippen LogP contribution < -0.4 is 15.8 Å². The molecule has 0 fully saturated rings. The van der Waals surface area contributed by atoms with E-state index in [0.717, 1.165) is 16.7 Å². The molecule has 0 aliphatic carbocycles. The summed E-state index contributed by atoms with van der Waals surface area (Å²) in [6.07, 6.45) is 3.28. The van der Waals surface area contributed by atoms with Gasteiger partial charge < -0.3 is 15.8 Å². The molecule has 1 aromatic heterocycles. The van der Waals surface area contributed by atoms with Crippen molar-refractivity contribution in [2.45, 2.75) is 12.3 Å². The van der Waals surface area contributed by atoms with Crippen molar-refractivity contribution in [3.63, 3.8) is 0 Å². The number of benzene rings is 2. The molecule has 0 spiro atoms. The number of halogens is 3. The fraction of sp³-hybridized carbons (Fsp3) is 0.174. The summed E-state index contributed by atoms with van der Waals surface area (Å²) < 4.78 is 34.4. The predicted molar refractivity (Wildman–Crippen MR) is 113 cm³/mol. The molecule has 0 saturated heterocycles. The van der Waals surface area contributed by atoms with Crippen molar-refractivity contribution >= 4 is 11.6 Å². The number of hydrogen-bond acceptors (Lipinski definition) is 4. The highest BCUT2D eigenvalue weighted by Crippen LogP contribution is 2.41. The Morgan fingerprint density at radius 3 is 2.50 bits per heavy atom. The molecular weight excluding hydrogens is 408 g/mol. The van der Waals surface area contributed by atoms with E-state index in [1.165, 1.54) is 12.3 Å². The van der Waals surface area contributed by atoms with Gasteiger partial charge in [0, 0.05) is 23.9 Å². The molecular formula is C23H20ClF2N3O. The molecule has 3 N–H and O–H groups in total. The maximum Gasteiger partial charge on any atom is 0.220 e. The van der Waals surface area contributed by atoms with E-state index in [4.69, 9.17) is 22.1 Å². The van der Waals surface area contributed by atoms with E-state index in [1.807, 2.05) is 12.1 Å². The zero-order chi connectivity index (χ0) is 21.5. The lowest BCUT2D eigenvalue weighted by Gasteiger charge is -2.29. The van der Waals surface area contributed by atoms with Gasteiger partial charge in [-0.2, -0.15) is 4.39 Å². The molecule has 30 heavy (non-hydrogen) atoms.